The van der Waals surface area contributed by atoms with Gasteiger partial charge < -0.3 is 4.90 Å². The zero-order chi connectivity index (χ0) is 19.1. The molecule has 1 aliphatic rings. The third-order valence-electron chi connectivity index (χ3n) is 4.52. The molecule has 2 aromatic rings. The van der Waals surface area contributed by atoms with Crippen LogP contribution in [-0.2, 0) is 23.0 Å². The molecule has 0 radical (unpaired) electrons. The first-order valence-corrected chi connectivity index (χ1v) is 10.1. The van der Waals surface area contributed by atoms with Gasteiger partial charge in [-0.25, -0.2) is 12.8 Å². The van der Waals surface area contributed by atoms with Gasteiger partial charge in [0.1, 0.15) is 5.82 Å². The molecule has 0 saturated carbocycles. The van der Waals surface area contributed by atoms with E-state index in [4.69, 9.17) is 0 Å². The lowest BCUT2D eigenvalue weighted by Gasteiger charge is -2.22. The van der Waals surface area contributed by atoms with Crippen LogP contribution in [0.25, 0.3) is 0 Å². The number of carbonyl (C=O) groups is 1. The fourth-order valence-electron chi connectivity index (χ4n) is 3.40. The Kier molecular flexibility index (Phi) is 4.75. The highest BCUT2D eigenvalue weighted by Crippen LogP contribution is 2.34. The maximum Gasteiger partial charge on any atom is 0.253 e. The van der Waals surface area contributed by atoms with Gasteiger partial charge in [-0.2, -0.15) is 0 Å². The van der Waals surface area contributed by atoms with Crippen LogP contribution in [0.15, 0.2) is 42.5 Å². The highest BCUT2D eigenvalue weighted by Gasteiger charge is 2.33. The molecule has 5 nitrogen and oxygen atoms in total. The number of rotatable bonds is 4. The summed E-state index contributed by atoms with van der Waals surface area (Å²) in [4.78, 5) is 14.3. The molecule has 0 saturated heterocycles. The maximum atomic E-state index is 13.0. The van der Waals surface area contributed by atoms with Crippen LogP contribution < -0.4 is 4.31 Å². The molecule has 3 rings (SSSR count). The van der Waals surface area contributed by atoms with Crippen LogP contribution in [0.2, 0.25) is 0 Å². The highest BCUT2D eigenvalue weighted by molar-refractivity contribution is 7.92. The average Bonchev–Trinajstić information content (AvgIpc) is 2.91. The summed E-state index contributed by atoms with van der Waals surface area (Å²) in [6.07, 6.45) is 1.76. The number of halogens is 1. The molecule has 0 bridgehead atoms. The summed E-state index contributed by atoms with van der Waals surface area (Å²) in [6.45, 7) is 2.21. The first-order valence-electron chi connectivity index (χ1n) is 8.29. The molecular weight excluding hydrogens is 355 g/mol. The molecule has 7 heteroatoms. The van der Waals surface area contributed by atoms with Crippen molar-refractivity contribution in [2.24, 2.45) is 0 Å². The minimum Gasteiger partial charge on any atom is -0.337 e. The van der Waals surface area contributed by atoms with Crippen LogP contribution in [0, 0.1) is 5.82 Å². The quantitative estimate of drug-likeness (QED) is 0.825. The second kappa shape index (κ2) is 6.72. The number of sulfonamides is 1. The summed E-state index contributed by atoms with van der Waals surface area (Å²) in [5.41, 5.74) is 2.83. The van der Waals surface area contributed by atoms with Gasteiger partial charge in [0.05, 0.1) is 11.9 Å². The Labute approximate surface area is 153 Å². The standard InChI is InChI=1S/C19H21FN2O3S/c1-13-10-16-11-15(6-9-18(16)22(13)26(3,24)25)19(23)21(2)12-14-4-7-17(20)8-5-14/h4-9,11,13H,10,12H2,1-3H3. The molecule has 0 aromatic heterocycles. The Morgan fingerprint density at radius 3 is 2.50 bits per heavy atom. The minimum atomic E-state index is -3.35. The summed E-state index contributed by atoms with van der Waals surface area (Å²) in [5, 5.41) is 0. The molecule has 138 valence electrons. The van der Waals surface area contributed by atoms with E-state index < -0.39 is 10.0 Å². The lowest BCUT2D eigenvalue weighted by Crippen LogP contribution is -2.34. The summed E-state index contributed by atoms with van der Waals surface area (Å²) < 4.78 is 38.4. The SMILES string of the molecule is CC1Cc2cc(C(=O)N(C)Cc3ccc(F)cc3)ccc2N1S(C)(=O)=O. The molecule has 0 fully saturated rings. The monoisotopic (exact) mass is 376 g/mol. The molecular formula is C19H21FN2O3S. The number of hydrogen-bond donors (Lipinski definition) is 0. The van der Waals surface area contributed by atoms with E-state index in [-0.39, 0.29) is 17.8 Å². The molecule has 1 amide bonds. The van der Waals surface area contributed by atoms with Gasteiger partial charge in [-0.3, -0.25) is 9.10 Å². The van der Waals surface area contributed by atoms with E-state index in [1.165, 1.54) is 22.7 Å². The third kappa shape index (κ3) is 3.58. The Morgan fingerprint density at radius 1 is 1.23 bits per heavy atom. The first kappa shape index (κ1) is 18.4. The molecule has 1 aliphatic heterocycles. The summed E-state index contributed by atoms with van der Waals surface area (Å²) >= 11 is 0. The van der Waals surface area contributed by atoms with E-state index in [0.29, 0.717) is 24.2 Å². The number of fused-ring (bicyclic) bond motifs is 1. The lowest BCUT2D eigenvalue weighted by atomic mass is 10.1. The normalized spacial score (nSPS) is 16.5. The molecule has 1 unspecified atom stereocenters. The van der Waals surface area contributed by atoms with Gasteiger partial charge in [-0.15, -0.1) is 0 Å². The first-order chi connectivity index (χ1) is 12.2. The molecule has 1 heterocycles. The van der Waals surface area contributed by atoms with Gasteiger partial charge >= 0.3 is 0 Å². The smallest absolute Gasteiger partial charge is 0.253 e. The van der Waals surface area contributed by atoms with E-state index >= 15 is 0 Å². The van der Waals surface area contributed by atoms with E-state index in [1.54, 1.807) is 42.3 Å². The van der Waals surface area contributed by atoms with Crippen LogP contribution in [0.5, 0.6) is 0 Å². The minimum absolute atomic E-state index is 0.164. The highest BCUT2D eigenvalue weighted by atomic mass is 32.2. The number of carbonyl (C=O) groups excluding carboxylic acids is 1. The predicted octanol–water partition coefficient (Wildman–Crippen LogP) is 2.81. The Bertz CT molecular complexity index is 942. The molecule has 0 aliphatic carbocycles. The van der Waals surface area contributed by atoms with Crippen LogP contribution in [-0.4, -0.2) is 38.6 Å². The van der Waals surface area contributed by atoms with Gasteiger partial charge in [0.25, 0.3) is 5.91 Å². The summed E-state index contributed by atoms with van der Waals surface area (Å²) in [7, 11) is -1.67. The number of anilines is 1. The van der Waals surface area contributed by atoms with Crippen molar-refractivity contribution in [2.45, 2.75) is 25.9 Å². The van der Waals surface area contributed by atoms with Crippen LogP contribution in [0.1, 0.15) is 28.4 Å². The van der Waals surface area contributed by atoms with Crippen molar-refractivity contribution in [1.82, 2.24) is 4.90 Å². The molecule has 0 spiro atoms. The zero-order valence-corrected chi connectivity index (χ0v) is 15.8. The topological polar surface area (TPSA) is 57.7 Å². The van der Waals surface area contributed by atoms with E-state index in [2.05, 4.69) is 0 Å². The number of nitrogens with zero attached hydrogens (tertiary/aromatic N) is 2. The fraction of sp³-hybridized carbons (Fsp3) is 0.316. The lowest BCUT2D eigenvalue weighted by molar-refractivity contribution is 0.0785. The fourth-order valence-corrected chi connectivity index (χ4v) is 4.66. The van der Waals surface area contributed by atoms with Crippen LogP contribution >= 0.6 is 0 Å². The van der Waals surface area contributed by atoms with Crippen molar-refractivity contribution in [2.75, 3.05) is 17.6 Å². The molecule has 2 aromatic carbocycles. The number of benzene rings is 2. The van der Waals surface area contributed by atoms with E-state index in [9.17, 15) is 17.6 Å². The molecule has 26 heavy (non-hydrogen) atoms. The van der Waals surface area contributed by atoms with Crippen LogP contribution in [0.3, 0.4) is 0 Å². The zero-order valence-electron chi connectivity index (χ0n) is 14.9. The van der Waals surface area contributed by atoms with Crippen molar-refractivity contribution >= 4 is 21.6 Å². The van der Waals surface area contributed by atoms with E-state index in [0.717, 1.165) is 11.1 Å². The van der Waals surface area contributed by atoms with Crippen molar-refractivity contribution in [3.63, 3.8) is 0 Å². The van der Waals surface area contributed by atoms with Crippen molar-refractivity contribution in [3.8, 4) is 0 Å². The molecule has 1 atom stereocenters. The van der Waals surface area contributed by atoms with Gasteiger partial charge in [-0.05, 0) is 54.8 Å². The summed E-state index contributed by atoms with van der Waals surface area (Å²) in [6, 6.07) is 11.0. The molecule has 0 N–H and O–H groups in total. The maximum absolute atomic E-state index is 13.0. The third-order valence-corrected chi connectivity index (χ3v) is 5.79. The second-order valence-electron chi connectivity index (χ2n) is 6.74. The van der Waals surface area contributed by atoms with E-state index in [1.807, 2.05) is 6.92 Å². The van der Waals surface area contributed by atoms with Crippen molar-refractivity contribution in [3.05, 3.63) is 65.0 Å². The Balaban J connectivity index is 1.81. The Morgan fingerprint density at radius 2 is 1.88 bits per heavy atom. The second-order valence-corrected chi connectivity index (χ2v) is 8.60. The van der Waals surface area contributed by atoms with Crippen molar-refractivity contribution in [1.29, 1.82) is 0 Å². The average molecular weight is 376 g/mol. The number of amides is 1. The number of hydrogen-bond acceptors (Lipinski definition) is 3. The van der Waals surface area contributed by atoms with Gasteiger partial charge in [0, 0.05) is 25.2 Å². The Hall–Kier alpha value is -2.41. The van der Waals surface area contributed by atoms with Crippen molar-refractivity contribution < 1.29 is 17.6 Å². The largest absolute Gasteiger partial charge is 0.337 e. The summed E-state index contributed by atoms with van der Waals surface area (Å²) in [5.74, 6) is -0.478. The van der Waals surface area contributed by atoms with Gasteiger partial charge in [-0.1, -0.05) is 12.1 Å². The van der Waals surface area contributed by atoms with Crippen LogP contribution in [0.4, 0.5) is 10.1 Å². The van der Waals surface area contributed by atoms with Gasteiger partial charge in [0.15, 0.2) is 0 Å². The van der Waals surface area contributed by atoms with Gasteiger partial charge in [0.2, 0.25) is 10.0 Å². The predicted molar refractivity (Wildman–Crippen MR) is 99.1 cm³/mol.